The second-order valence-electron chi connectivity index (χ2n) is 6.11. The van der Waals surface area contributed by atoms with Crippen molar-refractivity contribution >= 4 is 23.6 Å². The maximum atomic E-state index is 6.07. The van der Waals surface area contributed by atoms with Gasteiger partial charge in [0.15, 0.2) is 0 Å². The lowest BCUT2D eigenvalue weighted by Crippen LogP contribution is -2.07. The SMILES string of the molecule is Cc1cc(Oc2cc(-c3ccccc3)ns2)c(C)cc1/N=C\N(C)C. The van der Waals surface area contributed by atoms with Crippen LogP contribution in [-0.4, -0.2) is 29.7 Å². The van der Waals surface area contributed by atoms with Gasteiger partial charge in [0.2, 0.25) is 5.06 Å². The van der Waals surface area contributed by atoms with Crippen LogP contribution in [0.5, 0.6) is 10.8 Å². The van der Waals surface area contributed by atoms with Crippen LogP contribution in [0.3, 0.4) is 0 Å². The fourth-order valence-corrected chi connectivity index (χ4v) is 3.00. The minimum Gasteiger partial charge on any atom is -0.445 e. The molecule has 0 N–H and O–H groups in total. The zero-order valence-corrected chi connectivity index (χ0v) is 15.7. The van der Waals surface area contributed by atoms with Crippen molar-refractivity contribution in [3.05, 3.63) is 59.7 Å². The Labute approximate surface area is 152 Å². The third-order valence-electron chi connectivity index (χ3n) is 3.69. The van der Waals surface area contributed by atoms with E-state index in [4.69, 9.17) is 4.74 Å². The van der Waals surface area contributed by atoms with Crippen LogP contribution >= 0.6 is 11.5 Å². The molecule has 128 valence electrons. The van der Waals surface area contributed by atoms with Gasteiger partial charge in [-0.2, -0.15) is 4.37 Å². The first-order chi connectivity index (χ1) is 12.0. The molecule has 0 aliphatic carbocycles. The molecule has 0 fully saturated rings. The number of ether oxygens (including phenoxy) is 1. The lowest BCUT2D eigenvalue weighted by atomic mass is 10.1. The summed E-state index contributed by atoms with van der Waals surface area (Å²) in [6, 6.07) is 16.2. The average molecular weight is 351 g/mol. The summed E-state index contributed by atoms with van der Waals surface area (Å²) in [5, 5.41) is 0.783. The number of aryl methyl sites for hydroxylation is 2. The van der Waals surface area contributed by atoms with Gasteiger partial charge < -0.3 is 9.64 Å². The van der Waals surface area contributed by atoms with Gasteiger partial charge in [0, 0.05) is 37.3 Å². The first-order valence-electron chi connectivity index (χ1n) is 8.05. The molecule has 1 heterocycles. The number of hydrogen-bond acceptors (Lipinski definition) is 4. The van der Waals surface area contributed by atoms with Crippen molar-refractivity contribution in [3.63, 3.8) is 0 Å². The maximum Gasteiger partial charge on any atom is 0.200 e. The van der Waals surface area contributed by atoms with Gasteiger partial charge in [0.25, 0.3) is 0 Å². The lowest BCUT2D eigenvalue weighted by molar-refractivity contribution is 0.492. The van der Waals surface area contributed by atoms with Crippen molar-refractivity contribution in [1.82, 2.24) is 9.27 Å². The van der Waals surface area contributed by atoms with Crippen LogP contribution in [0.1, 0.15) is 11.1 Å². The third-order valence-corrected chi connectivity index (χ3v) is 4.36. The highest BCUT2D eigenvalue weighted by atomic mass is 32.1. The molecule has 0 saturated heterocycles. The highest BCUT2D eigenvalue weighted by molar-refractivity contribution is 7.08. The van der Waals surface area contributed by atoms with E-state index in [0.717, 1.165) is 38.9 Å². The first-order valence-corrected chi connectivity index (χ1v) is 8.82. The predicted octanol–water partition coefficient (Wildman–Crippen LogP) is 5.44. The van der Waals surface area contributed by atoms with Crippen LogP contribution in [0.2, 0.25) is 0 Å². The standard InChI is InChI=1S/C20H21N3OS/c1-14-11-19(15(2)10-17(14)21-13-23(3)4)24-20-12-18(22-25-20)16-8-6-5-7-9-16/h5-13H,1-4H3/b21-13-. The zero-order chi connectivity index (χ0) is 17.8. The topological polar surface area (TPSA) is 37.7 Å². The molecule has 0 unspecified atom stereocenters. The molecule has 5 heteroatoms. The Balaban J connectivity index is 1.82. The number of hydrogen-bond donors (Lipinski definition) is 0. The largest absolute Gasteiger partial charge is 0.445 e. The predicted molar refractivity (Wildman–Crippen MR) is 105 cm³/mol. The maximum absolute atomic E-state index is 6.07. The van der Waals surface area contributed by atoms with Crippen LogP contribution in [-0.2, 0) is 0 Å². The van der Waals surface area contributed by atoms with E-state index in [1.54, 1.807) is 6.34 Å². The molecule has 0 aliphatic heterocycles. The molecule has 0 aliphatic rings. The number of aliphatic imine (C=N–C) groups is 1. The van der Waals surface area contributed by atoms with Crippen molar-refractivity contribution in [3.8, 4) is 22.1 Å². The van der Waals surface area contributed by atoms with Crippen LogP contribution in [0.15, 0.2) is 53.5 Å². The summed E-state index contributed by atoms with van der Waals surface area (Å²) >= 11 is 1.36. The van der Waals surface area contributed by atoms with Crippen LogP contribution in [0, 0.1) is 13.8 Å². The summed E-state index contributed by atoms with van der Waals surface area (Å²) in [4.78, 5) is 6.41. The summed E-state index contributed by atoms with van der Waals surface area (Å²) < 4.78 is 10.6. The van der Waals surface area contributed by atoms with Crippen molar-refractivity contribution in [1.29, 1.82) is 0 Å². The summed E-state index contributed by atoms with van der Waals surface area (Å²) in [6.07, 6.45) is 1.80. The van der Waals surface area contributed by atoms with Gasteiger partial charge in [0.05, 0.1) is 17.7 Å². The summed E-state index contributed by atoms with van der Waals surface area (Å²) in [6.45, 7) is 4.07. The summed E-state index contributed by atoms with van der Waals surface area (Å²) in [5.74, 6) is 0.838. The molecule has 3 rings (SSSR count). The quantitative estimate of drug-likeness (QED) is 0.454. The molecule has 0 bridgehead atoms. The molecule has 3 aromatic rings. The fourth-order valence-electron chi connectivity index (χ4n) is 2.36. The first kappa shape index (κ1) is 17.2. The third kappa shape index (κ3) is 4.25. The number of rotatable bonds is 5. The second kappa shape index (κ2) is 7.49. The molecular formula is C20H21N3OS. The monoisotopic (exact) mass is 351 g/mol. The van der Waals surface area contributed by atoms with Gasteiger partial charge in [0.1, 0.15) is 5.75 Å². The van der Waals surface area contributed by atoms with Gasteiger partial charge in [-0.1, -0.05) is 30.3 Å². The molecule has 25 heavy (non-hydrogen) atoms. The van der Waals surface area contributed by atoms with E-state index in [0.29, 0.717) is 0 Å². The summed E-state index contributed by atoms with van der Waals surface area (Å²) in [7, 11) is 3.91. The van der Waals surface area contributed by atoms with E-state index < -0.39 is 0 Å². The van der Waals surface area contributed by atoms with Crippen molar-refractivity contribution in [2.24, 2.45) is 4.99 Å². The Morgan fingerprint density at radius 3 is 2.52 bits per heavy atom. The highest BCUT2D eigenvalue weighted by Crippen LogP contribution is 2.35. The van der Waals surface area contributed by atoms with Crippen molar-refractivity contribution in [2.75, 3.05) is 14.1 Å². The summed E-state index contributed by atoms with van der Waals surface area (Å²) in [5.41, 5.74) is 5.10. The molecular weight excluding hydrogens is 330 g/mol. The van der Waals surface area contributed by atoms with Gasteiger partial charge in [-0.25, -0.2) is 4.99 Å². The lowest BCUT2D eigenvalue weighted by Gasteiger charge is -2.10. The smallest absolute Gasteiger partial charge is 0.200 e. The Morgan fingerprint density at radius 1 is 1.04 bits per heavy atom. The molecule has 1 aromatic heterocycles. The van der Waals surface area contributed by atoms with Crippen LogP contribution in [0.25, 0.3) is 11.3 Å². The van der Waals surface area contributed by atoms with Gasteiger partial charge in [-0.3, -0.25) is 0 Å². The Kier molecular flexibility index (Phi) is 5.14. The number of aromatic nitrogens is 1. The van der Waals surface area contributed by atoms with E-state index in [-0.39, 0.29) is 0 Å². The van der Waals surface area contributed by atoms with Crippen LogP contribution < -0.4 is 4.74 Å². The fraction of sp³-hybridized carbons (Fsp3) is 0.200. The van der Waals surface area contributed by atoms with E-state index in [1.165, 1.54) is 11.5 Å². The highest BCUT2D eigenvalue weighted by Gasteiger charge is 2.10. The van der Waals surface area contributed by atoms with E-state index in [1.807, 2.05) is 81.4 Å². The molecule has 2 aromatic carbocycles. The van der Waals surface area contributed by atoms with Crippen molar-refractivity contribution < 1.29 is 4.74 Å². The van der Waals surface area contributed by atoms with E-state index in [2.05, 4.69) is 9.37 Å². The van der Waals surface area contributed by atoms with Gasteiger partial charge in [-0.05, 0) is 37.1 Å². The zero-order valence-electron chi connectivity index (χ0n) is 14.9. The molecule has 4 nitrogen and oxygen atoms in total. The van der Waals surface area contributed by atoms with E-state index in [9.17, 15) is 0 Å². The normalized spacial score (nSPS) is 11.0. The van der Waals surface area contributed by atoms with E-state index >= 15 is 0 Å². The Hall–Kier alpha value is -2.66. The minimum atomic E-state index is 0.783. The Morgan fingerprint density at radius 2 is 1.80 bits per heavy atom. The minimum absolute atomic E-state index is 0.783. The van der Waals surface area contributed by atoms with Crippen molar-refractivity contribution in [2.45, 2.75) is 13.8 Å². The number of benzene rings is 2. The van der Waals surface area contributed by atoms with Gasteiger partial charge >= 0.3 is 0 Å². The molecule has 0 spiro atoms. The number of nitrogens with zero attached hydrogens (tertiary/aromatic N) is 3. The molecule has 0 radical (unpaired) electrons. The second-order valence-corrected chi connectivity index (χ2v) is 6.88. The molecule has 0 atom stereocenters. The Bertz CT molecular complexity index is 885. The van der Waals surface area contributed by atoms with Gasteiger partial charge in [-0.15, -0.1) is 0 Å². The molecule has 0 saturated carbocycles. The molecule has 0 amide bonds. The van der Waals surface area contributed by atoms with Crippen LogP contribution in [0.4, 0.5) is 5.69 Å². The average Bonchev–Trinajstić information content (AvgIpc) is 3.06.